The highest BCUT2D eigenvalue weighted by Crippen LogP contribution is 2.42. The molecule has 30 heavy (non-hydrogen) atoms. The van der Waals surface area contributed by atoms with E-state index in [0.717, 1.165) is 39.0 Å². The van der Waals surface area contributed by atoms with Crippen molar-refractivity contribution in [2.24, 2.45) is 5.41 Å². The lowest BCUT2D eigenvalue weighted by atomic mass is 9.72. The number of pyridine rings is 1. The van der Waals surface area contributed by atoms with Crippen LogP contribution in [0.5, 0.6) is 5.88 Å². The van der Waals surface area contributed by atoms with Gasteiger partial charge in [0.1, 0.15) is 11.1 Å². The van der Waals surface area contributed by atoms with Crippen molar-refractivity contribution in [2.75, 3.05) is 38.2 Å². The second-order valence-corrected chi connectivity index (χ2v) is 10.2. The molecule has 0 aliphatic carbocycles. The minimum atomic E-state index is -0.473. The Hall–Kier alpha value is -1.87. The van der Waals surface area contributed by atoms with Gasteiger partial charge in [-0.2, -0.15) is 4.98 Å². The molecule has 2 aliphatic rings. The van der Waals surface area contributed by atoms with Gasteiger partial charge in [0.05, 0.1) is 17.1 Å². The molecule has 2 fully saturated rings. The summed E-state index contributed by atoms with van der Waals surface area (Å²) in [5.41, 5.74) is 1.01. The number of methoxy groups -OCH3 is 1. The molecule has 1 spiro atoms. The Balaban J connectivity index is 1.48. The molecule has 8 nitrogen and oxygen atoms in total. The Kier molecular flexibility index (Phi) is 5.47. The van der Waals surface area contributed by atoms with Crippen molar-refractivity contribution in [1.29, 1.82) is 0 Å². The standard InChI is InChI=1S/C20H25BrClN5O3/c1-19(2,3)30-18(28)27-10-20(11-27)5-7-26(8-6-20)15-14-13(23-17(22)25-15)9-12(21)16(24-14)29-4/h9H,5-8,10-11H2,1-4H3. The Morgan fingerprint density at radius 1 is 1.20 bits per heavy atom. The molecule has 10 heteroatoms. The van der Waals surface area contributed by atoms with Crippen LogP contribution >= 0.6 is 27.5 Å². The maximum Gasteiger partial charge on any atom is 0.410 e. The number of carbonyl (C=O) groups is 1. The van der Waals surface area contributed by atoms with Crippen molar-refractivity contribution < 1.29 is 14.3 Å². The Bertz CT molecular complexity index is 981. The molecule has 162 valence electrons. The van der Waals surface area contributed by atoms with Crippen LogP contribution in [-0.4, -0.2) is 64.8 Å². The molecule has 0 atom stereocenters. The van der Waals surface area contributed by atoms with E-state index in [1.807, 2.05) is 26.8 Å². The molecule has 0 radical (unpaired) electrons. The second kappa shape index (κ2) is 7.67. The molecule has 2 aromatic rings. The van der Waals surface area contributed by atoms with Crippen molar-refractivity contribution in [2.45, 2.75) is 39.2 Å². The highest BCUT2D eigenvalue weighted by Gasteiger charge is 2.48. The zero-order valence-electron chi connectivity index (χ0n) is 17.5. The van der Waals surface area contributed by atoms with Crippen LogP contribution in [0, 0.1) is 5.41 Å². The average Bonchev–Trinajstić information content (AvgIpc) is 2.63. The zero-order valence-corrected chi connectivity index (χ0v) is 19.9. The fraction of sp³-hybridized carbons (Fsp3) is 0.600. The number of anilines is 1. The zero-order chi connectivity index (χ0) is 21.7. The van der Waals surface area contributed by atoms with Gasteiger partial charge < -0.3 is 19.3 Å². The molecule has 2 saturated heterocycles. The highest BCUT2D eigenvalue weighted by molar-refractivity contribution is 9.10. The van der Waals surface area contributed by atoms with Gasteiger partial charge in [-0.15, -0.1) is 0 Å². The van der Waals surface area contributed by atoms with Crippen molar-refractivity contribution in [1.82, 2.24) is 19.9 Å². The lowest BCUT2D eigenvalue weighted by Crippen LogP contribution is -2.62. The third-order valence-electron chi connectivity index (χ3n) is 5.57. The number of carbonyl (C=O) groups excluding carboxylic acids is 1. The fourth-order valence-corrected chi connectivity index (χ4v) is 4.71. The molecular formula is C20H25BrClN5O3. The first-order valence-electron chi connectivity index (χ1n) is 9.90. The number of halogens is 2. The summed E-state index contributed by atoms with van der Waals surface area (Å²) in [4.78, 5) is 29.6. The predicted octanol–water partition coefficient (Wildman–Crippen LogP) is 4.29. The normalized spacial score (nSPS) is 18.5. The molecule has 1 amide bonds. The molecule has 4 heterocycles. The van der Waals surface area contributed by atoms with Crippen LogP contribution in [0.1, 0.15) is 33.6 Å². The molecule has 0 aromatic carbocycles. The van der Waals surface area contributed by atoms with E-state index in [1.54, 1.807) is 12.0 Å². The van der Waals surface area contributed by atoms with E-state index in [9.17, 15) is 4.79 Å². The Labute approximate surface area is 189 Å². The third-order valence-corrected chi connectivity index (χ3v) is 6.30. The van der Waals surface area contributed by atoms with E-state index in [0.29, 0.717) is 27.2 Å². The molecule has 0 bridgehead atoms. The third kappa shape index (κ3) is 4.14. The number of rotatable bonds is 2. The molecule has 0 N–H and O–H groups in total. The lowest BCUT2D eigenvalue weighted by Gasteiger charge is -2.53. The fourth-order valence-electron chi connectivity index (χ4n) is 4.07. The van der Waals surface area contributed by atoms with Gasteiger partial charge in [-0.1, -0.05) is 0 Å². The first kappa shape index (κ1) is 21.4. The summed E-state index contributed by atoms with van der Waals surface area (Å²) in [6.45, 7) is 8.75. The smallest absolute Gasteiger partial charge is 0.410 e. The SMILES string of the molecule is COc1nc2c(N3CCC4(CC3)CN(C(=O)OC(C)(C)C)C4)nc(Cl)nc2cc1Br. The number of fused-ring (bicyclic) bond motifs is 1. The molecule has 2 aromatic heterocycles. The van der Waals surface area contributed by atoms with Crippen LogP contribution in [0.15, 0.2) is 10.5 Å². The maximum absolute atomic E-state index is 12.3. The van der Waals surface area contributed by atoms with Gasteiger partial charge in [0.15, 0.2) is 5.82 Å². The number of aromatic nitrogens is 3. The first-order chi connectivity index (χ1) is 14.1. The summed E-state index contributed by atoms with van der Waals surface area (Å²) in [7, 11) is 1.58. The number of ether oxygens (including phenoxy) is 2. The number of nitrogens with zero attached hydrogens (tertiary/aromatic N) is 5. The lowest BCUT2D eigenvalue weighted by molar-refractivity contribution is -0.0434. The predicted molar refractivity (Wildman–Crippen MR) is 118 cm³/mol. The molecule has 0 saturated carbocycles. The van der Waals surface area contributed by atoms with Gasteiger partial charge in [-0.25, -0.2) is 14.8 Å². The second-order valence-electron chi connectivity index (χ2n) is 8.99. The molecular weight excluding hydrogens is 474 g/mol. The van der Waals surface area contributed by atoms with Crippen molar-refractivity contribution >= 4 is 50.5 Å². The molecule has 2 aliphatic heterocycles. The van der Waals surface area contributed by atoms with Gasteiger partial charge in [0.25, 0.3) is 0 Å². The molecule has 4 rings (SSSR count). The van der Waals surface area contributed by atoms with Crippen LogP contribution in [0.25, 0.3) is 11.0 Å². The minimum Gasteiger partial charge on any atom is -0.480 e. The van der Waals surface area contributed by atoms with Gasteiger partial charge >= 0.3 is 6.09 Å². The highest BCUT2D eigenvalue weighted by atomic mass is 79.9. The summed E-state index contributed by atoms with van der Waals surface area (Å²) < 4.78 is 11.5. The van der Waals surface area contributed by atoms with E-state index in [1.165, 1.54) is 0 Å². The maximum atomic E-state index is 12.3. The number of hydrogen-bond acceptors (Lipinski definition) is 7. The summed E-state index contributed by atoms with van der Waals surface area (Å²) in [5.74, 6) is 1.20. The van der Waals surface area contributed by atoms with Crippen LogP contribution < -0.4 is 9.64 Å². The monoisotopic (exact) mass is 497 g/mol. The van der Waals surface area contributed by atoms with Crippen LogP contribution in [0.2, 0.25) is 5.28 Å². The van der Waals surface area contributed by atoms with E-state index in [4.69, 9.17) is 21.1 Å². The van der Waals surface area contributed by atoms with Gasteiger partial charge in [-0.05, 0) is 67.2 Å². The van der Waals surface area contributed by atoms with Crippen LogP contribution in [0.3, 0.4) is 0 Å². The number of hydrogen-bond donors (Lipinski definition) is 0. The summed E-state index contributed by atoms with van der Waals surface area (Å²) in [6, 6.07) is 1.84. The van der Waals surface area contributed by atoms with E-state index in [-0.39, 0.29) is 16.8 Å². The minimum absolute atomic E-state index is 0.147. The van der Waals surface area contributed by atoms with Gasteiger partial charge in [0.2, 0.25) is 11.2 Å². The Morgan fingerprint density at radius 2 is 1.87 bits per heavy atom. The van der Waals surface area contributed by atoms with Crippen molar-refractivity contribution in [3.63, 3.8) is 0 Å². The Morgan fingerprint density at radius 3 is 2.47 bits per heavy atom. The van der Waals surface area contributed by atoms with Crippen molar-refractivity contribution in [3.05, 3.63) is 15.8 Å². The van der Waals surface area contributed by atoms with Gasteiger partial charge in [0, 0.05) is 31.6 Å². The summed E-state index contributed by atoms with van der Waals surface area (Å²) in [6.07, 6.45) is 1.69. The van der Waals surface area contributed by atoms with E-state index >= 15 is 0 Å². The molecule has 0 unspecified atom stereocenters. The van der Waals surface area contributed by atoms with E-state index in [2.05, 4.69) is 35.8 Å². The van der Waals surface area contributed by atoms with Crippen LogP contribution in [-0.2, 0) is 4.74 Å². The average molecular weight is 499 g/mol. The number of amides is 1. The van der Waals surface area contributed by atoms with Crippen molar-refractivity contribution in [3.8, 4) is 5.88 Å². The van der Waals surface area contributed by atoms with Gasteiger partial charge in [-0.3, -0.25) is 0 Å². The quantitative estimate of drug-likeness (QED) is 0.571. The number of piperidine rings is 1. The van der Waals surface area contributed by atoms with E-state index < -0.39 is 5.60 Å². The van der Waals surface area contributed by atoms with Crippen LogP contribution in [0.4, 0.5) is 10.6 Å². The first-order valence-corrected chi connectivity index (χ1v) is 11.1. The largest absolute Gasteiger partial charge is 0.480 e. The topological polar surface area (TPSA) is 80.7 Å². The number of likely N-dealkylation sites (tertiary alicyclic amines) is 1. The summed E-state index contributed by atoms with van der Waals surface area (Å²) in [5, 5.41) is 0.191. The summed E-state index contributed by atoms with van der Waals surface area (Å²) >= 11 is 9.63.